The van der Waals surface area contributed by atoms with Crippen LogP contribution in [0.25, 0.3) is 0 Å². The topological polar surface area (TPSA) is 78.9 Å². The molecule has 0 aromatic carbocycles. The zero-order valence-electron chi connectivity index (χ0n) is 45.8. The Morgan fingerprint density at radius 2 is 0.522 bits per heavy atom. The molecule has 6 nitrogen and oxygen atoms in total. The Morgan fingerprint density at radius 3 is 0.841 bits per heavy atom. The van der Waals surface area contributed by atoms with E-state index in [1.807, 2.05) is 0 Å². The molecule has 0 amide bonds. The van der Waals surface area contributed by atoms with Gasteiger partial charge in [0.2, 0.25) is 0 Å². The Hall–Kier alpha value is -2.89. The first-order valence-electron chi connectivity index (χ1n) is 29.8. The number of unbranched alkanes of at least 4 members (excludes halogenated alkanes) is 33. The number of hydrogen-bond donors (Lipinski definition) is 0. The van der Waals surface area contributed by atoms with Gasteiger partial charge in [-0.2, -0.15) is 0 Å². The highest BCUT2D eigenvalue weighted by molar-refractivity contribution is 5.71. The second kappa shape index (κ2) is 57.7. The lowest BCUT2D eigenvalue weighted by Gasteiger charge is -2.18. The number of hydrogen-bond acceptors (Lipinski definition) is 6. The summed E-state index contributed by atoms with van der Waals surface area (Å²) in [6.07, 6.45) is 72.1. The SMILES string of the molecule is CCCCC/C=C/C/C=C/C/C=C/CCCCCCC(=O)O[C@H](COC(=O)CCCCCCC/C=C/C/C=C/CCCCC)COC(=O)CCCCCCCCCCCCCCCCCCCCC. The van der Waals surface area contributed by atoms with Gasteiger partial charge in [0.1, 0.15) is 13.2 Å². The van der Waals surface area contributed by atoms with Crippen LogP contribution >= 0.6 is 0 Å². The first-order valence-corrected chi connectivity index (χ1v) is 29.8. The summed E-state index contributed by atoms with van der Waals surface area (Å²) in [4.78, 5) is 38.2. The molecule has 0 unspecified atom stereocenters. The van der Waals surface area contributed by atoms with Crippen LogP contribution in [0, 0.1) is 0 Å². The van der Waals surface area contributed by atoms with E-state index in [1.165, 1.54) is 161 Å². The maximum atomic E-state index is 12.9. The van der Waals surface area contributed by atoms with Crippen LogP contribution in [-0.2, 0) is 28.6 Å². The molecule has 0 aliphatic rings. The van der Waals surface area contributed by atoms with Crippen molar-refractivity contribution in [2.75, 3.05) is 13.2 Å². The minimum Gasteiger partial charge on any atom is -0.462 e. The van der Waals surface area contributed by atoms with Crippen molar-refractivity contribution in [3.8, 4) is 0 Å². The Kier molecular flexibility index (Phi) is 55.3. The van der Waals surface area contributed by atoms with Crippen LogP contribution in [0.4, 0.5) is 0 Å². The zero-order chi connectivity index (χ0) is 50.0. The van der Waals surface area contributed by atoms with Crippen LogP contribution in [0.5, 0.6) is 0 Å². The molecule has 400 valence electrons. The van der Waals surface area contributed by atoms with Crippen molar-refractivity contribution in [3.05, 3.63) is 60.8 Å². The minimum absolute atomic E-state index is 0.0854. The van der Waals surface area contributed by atoms with Crippen LogP contribution in [0.15, 0.2) is 60.8 Å². The Balaban J connectivity index is 4.40. The summed E-state index contributed by atoms with van der Waals surface area (Å²) in [5.41, 5.74) is 0. The van der Waals surface area contributed by atoms with Crippen molar-refractivity contribution in [1.29, 1.82) is 0 Å². The van der Waals surface area contributed by atoms with Gasteiger partial charge < -0.3 is 14.2 Å². The average molecular weight is 966 g/mol. The summed E-state index contributed by atoms with van der Waals surface area (Å²) in [6, 6.07) is 0. The van der Waals surface area contributed by atoms with Crippen LogP contribution < -0.4 is 0 Å². The molecule has 1 atom stereocenters. The van der Waals surface area contributed by atoms with Gasteiger partial charge in [0.15, 0.2) is 6.10 Å². The van der Waals surface area contributed by atoms with E-state index < -0.39 is 6.10 Å². The van der Waals surface area contributed by atoms with Crippen molar-refractivity contribution in [3.63, 3.8) is 0 Å². The molecule has 0 aromatic rings. The highest BCUT2D eigenvalue weighted by Gasteiger charge is 2.19. The average Bonchev–Trinajstić information content (AvgIpc) is 3.35. The number of carbonyl (C=O) groups is 3. The van der Waals surface area contributed by atoms with Gasteiger partial charge in [-0.25, -0.2) is 0 Å². The van der Waals surface area contributed by atoms with Gasteiger partial charge in [-0.3, -0.25) is 14.4 Å². The van der Waals surface area contributed by atoms with Crippen molar-refractivity contribution in [2.24, 2.45) is 0 Å². The number of carbonyl (C=O) groups excluding carboxylic acids is 3. The minimum atomic E-state index is -0.791. The van der Waals surface area contributed by atoms with Crippen molar-refractivity contribution < 1.29 is 28.6 Å². The highest BCUT2D eigenvalue weighted by atomic mass is 16.6. The van der Waals surface area contributed by atoms with Crippen molar-refractivity contribution in [2.45, 2.75) is 309 Å². The fraction of sp³-hybridized carbons (Fsp3) is 0.794. The normalized spacial score (nSPS) is 12.4. The molecule has 0 spiro atoms. The van der Waals surface area contributed by atoms with E-state index >= 15 is 0 Å². The molecule has 0 saturated heterocycles. The van der Waals surface area contributed by atoms with Crippen molar-refractivity contribution in [1.82, 2.24) is 0 Å². The lowest BCUT2D eigenvalue weighted by atomic mass is 10.0. The highest BCUT2D eigenvalue weighted by Crippen LogP contribution is 2.16. The molecule has 0 radical (unpaired) electrons. The Morgan fingerprint density at radius 1 is 0.290 bits per heavy atom. The van der Waals surface area contributed by atoms with E-state index in [0.29, 0.717) is 19.3 Å². The standard InChI is InChI=1S/C63H112O6/c1-4-7-10-13-16-19-22-25-28-30-31-33-35-38-41-44-47-50-53-56-62(65)68-59-60(58-67-61(64)55-52-49-46-43-40-37-34-27-24-21-18-15-12-9-6-3)69-63(66)57-54-51-48-45-42-39-36-32-29-26-23-20-17-14-11-8-5-2/h17-18,20-21,26-27,29,34,36,39,60H,4-16,19,22-25,28,30-33,35,37-38,40-59H2,1-3H3/b20-17+,21-18+,29-26+,34-27+,39-36+/t60-/m1/s1. The lowest BCUT2D eigenvalue weighted by molar-refractivity contribution is -0.167. The molecule has 0 bridgehead atoms. The third-order valence-electron chi connectivity index (χ3n) is 13.0. The Labute approximate surface area is 428 Å². The first-order chi connectivity index (χ1) is 34.0. The van der Waals surface area contributed by atoms with E-state index in [9.17, 15) is 14.4 Å². The second-order valence-electron chi connectivity index (χ2n) is 19.9. The predicted octanol–water partition coefficient (Wildman–Crippen LogP) is 20.0. The maximum Gasteiger partial charge on any atom is 0.306 e. The number of ether oxygens (including phenoxy) is 3. The van der Waals surface area contributed by atoms with Gasteiger partial charge >= 0.3 is 17.9 Å². The molecule has 0 rings (SSSR count). The Bertz CT molecular complexity index is 1250. The quantitative estimate of drug-likeness (QED) is 0.0262. The van der Waals surface area contributed by atoms with Gasteiger partial charge in [-0.15, -0.1) is 0 Å². The fourth-order valence-corrected chi connectivity index (χ4v) is 8.48. The molecule has 6 heteroatoms. The third kappa shape index (κ3) is 55.9. The van der Waals surface area contributed by atoms with E-state index in [-0.39, 0.29) is 31.1 Å². The molecule has 69 heavy (non-hydrogen) atoms. The summed E-state index contributed by atoms with van der Waals surface area (Å²) in [6.45, 7) is 6.59. The summed E-state index contributed by atoms with van der Waals surface area (Å²) >= 11 is 0. The summed E-state index contributed by atoms with van der Waals surface area (Å²) in [7, 11) is 0. The molecule has 0 aliphatic heterocycles. The maximum absolute atomic E-state index is 12.9. The summed E-state index contributed by atoms with van der Waals surface area (Å²) in [5, 5.41) is 0. The number of allylic oxidation sites excluding steroid dienone is 10. The smallest absolute Gasteiger partial charge is 0.306 e. The van der Waals surface area contributed by atoms with E-state index in [2.05, 4.69) is 81.5 Å². The largest absolute Gasteiger partial charge is 0.462 e. The van der Waals surface area contributed by atoms with Crippen LogP contribution in [-0.4, -0.2) is 37.2 Å². The predicted molar refractivity (Wildman–Crippen MR) is 298 cm³/mol. The number of esters is 3. The molecular weight excluding hydrogens is 853 g/mol. The first kappa shape index (κ1) is 66.1. The van der Waals surface area contributed by atoms with Crippen LogP contribution in [0.2, 0.25) is 0 Å². The molecule has 0 aromatic heterocycles. The molecular formula is C63H112O6. The van der Waals surface area contributed by atoms with Gasteiger partial charge in [-0.1, -0.05) is 255 Å². The van der Waals surface area contributed by atoms with Crippen LogP contribution in [0.3, 0.4) is 0 Å². The molecule has 0 heterocycles. The van der Waals surface area contributed by atoms with Gasteiger partial charge in [0.25, 0.3) is 0 Å². The van der Waals surface area contributed by atoms with Gasteiger partial charge in [-0.05, 0) is 89.9 Å². The van der Waals surface area contributed by atoms with Crippen LogP contribution in [0.1, 0.15) is 303 Å². The van der Waals surface area contributed by atoms with Crippen molar-refractivity contribution >= 4 is 17.9 Å². The molecule has 0 aliphatic carbocycles. The second-order valence-corrected chi connectivity index (χ2v) is 19.9. The van der Waals surface area contributed by atoms with Gasteiger partial charge in [0.05, 0.1) is 0 Å². The molecule has 0 N–H and O–H groups in total. The number of rotatable bonds is 54. The van der Waals surface area contributed by atoms with E-state index in [0.717, 1.165) is 103 Å². The zero-order valence-corrected chi connectivity index (χ0v) is 45.8. The van der Waals surface area contributed by atoms with Gasteiger partial charge in [0, 0.05) is 19.3 Å². The monoisotopic (exact) mass is 965 g/mol. The fourth-order valence-electron chi connectivity index (χ4n) is 8.48. The summed E-state index contributed by atoms with van der Waals surface area (Å²) in [5.74, 6) is -0.908. The summed E-state index contributed by atoms with van der Waals surface area (Å²) < 4.78 is 16.9. The third-order valence-corrected chi connectivity index (χ3v) is 13.0. The molecule has 0 saturated carbocycles. The lowest BCUT2D eigenvalue weighted by Crippen LogP contribution is -2.30. The van der Waals surface area contributed by atoms with E-state index in [4.69, 9.17) is 14.2 Å². The van der Waals surface area contributed by atoms with E-state index in [1.54, 1.807) is 0 Å². The molecule has 0 fully saturated rings.